The predicted molar refractivity (Wildman–Crippen MR) is 87.7 cm³/mol. The first-order valence-corrected chi connectivity index (χ1v) is 7.60. The number of benzene rings is 2. The molecule has 0 saturated heterocycles. The zero-order valence-electron chi connectivity index (χ0n) is 12.0. The maximum atomic E-state index is 12.1. The van der Waals surface area contributed by atoms with E-state index in [0.29, 0.717) is 0 Å². The molecule has 0 spiro atoms. The van der Waals surface area contributed by atoms with Crippen molar-refractivity contribution in [3.63, 3.8) is 0 Å². The highest BCUT2D eigenvalue weighted by atomic mass is 32.2. The number of hydrogen-bond donors (Lipinski definition) is 0. The Balaban J connectivity index is 1.90. The second-order valence-corrected chi connectivity index (χ2v) is 6.57. The fourth-order valence-corrected chi connectivity index (χ4v) is 3.59. The molecule has 2 aromatic carbocycles. The molecule has 1 atom stereocenters. The van der Waals surface area contributed by atoms with Crippen LogP contribution in [-0.2, 0) is 4.75 Å². The summed E-state index contributed by atoms with van der Waals surface area (Å²) >= 11 is 1.37. The summed E-state index contributed by atoms with van der Waals surface area (Å²) in [6.07, 6.45) is 4.16. The minimum Gasteiger partial charge on any atom is -0.497 e. The van der Waals surface area contributed by atoms with Gasteiger partial charge in [0.05, 0.1) is 11.9 Å². The SMILES string of the molecule is COc1ccc(/C=C/C2(C)SC(=O)c3ccccc32)cc1. The Morgan fingerprint density at radius 3 is 2.52 bits per heavy atom. The third-order valence-electron chi connectivity index (χ3n) is 3.70. The van der Waals surface area contributed by atoms with Crippen molar-refractivity contribution >= 4 is 23.0 Å². The van der Waals surface area contributed by atoms with E-state index in [1.54, 1.807) is 7.11 Å². The van der Waals surface area contributed by atoms with Crippen molar-refractivity contribution < 1.29 is 9.53 Å². The van der Waals surface area contributed by atoms with Crippen molar-refractivity contribution in [1.29, 1.82) is 0 Å². The van der Waals surface area contributed by atoms with Gasteiger partial charge >= 0.3 is 0 Å². The average molecular weight is 296 g/mol. The molecule has 2 aromatic rings. The first kappa shape index (κ1) is 14.0. The number of fused-ring (bicyclic) bond motifs is 1. The van der Waals surface area contributed by atoms with Crippen LogP contribution in [-0.4, -0.2) is 12.2 Å². The van der Waals surface area contributed by atoms with Crippen LogP contribution in [0.2, 0.25) is 0 Å². The minimum absolute atomic E-state index is 0.146. The molecule has 0 amide bonds. The van der Waals surface area contributed by atoms with Gasteiger partial charge in [-0.2, -0.15) is 0 Å². The van der Waals surface area contributed by atoms with Crippen LogP contribution in [0.15, 0.2) is 54.6 Å². The van der Waals surface area contributed by atoms with Gasteiger partial charge in [-0.05, 0) is 30.2 Å². The summed E-state index contributed by atoms with van der Waals surface area (Å²) in [5.41, 5.74) is 3.00. The third kappa shape index (κ3) is 2.61. The first-order chi connectivity index (χ1) is 10.1. The van der Waals surface area contributed by atoms with Crippen LogP contribution >= 0.6 is 11.8 Å². The topological polar surface area (TPSA) is 26.3 Å². The summed E-state index contributed by atoms with van der Waals surface area (Å²) in [4.78, 5) is 12.1. The standard InChI is InChI=1S/C18H16O2S/c1-18(12-11-13-7-9-14(20-2)10-8-13)16-6-4-3-5-15(16)17(19)21-18/h3-12H,1-2H3/b12-11+. The Labute approximate surface area is 128 Å². The largest absolute Gasteiger partial charge is 0.497 e. The number of carbonyl (C=O) groups is 1. The number of carbonyl (C=O) groups excluding carboxylic acids is 1. The van der Waals surface area contributed by atoms with E-state index in [9.17, 15) is 4.79 Å². The quantitative estimate of drug-likeness (QED) is 0.833. The number of ether oxygens (including phenoxy) is 1. The van der Waals surface area contributed by atoms with Crippen LogP contribution in [0, 0.1) is 0 Å². The molecule has 1 aliphatic rings. The van der Waals surface area contributed by atoms with Crippen LogP contribution in [0.25, 0.3) is 6.08 Å². The Hall–Kier alpha value is -2.00. The van der Waals surface area contributed by atoms with Crippen LogP contribution < -0.4 is 4.74 Å². The van der Waals surface area contributed by atoms with Crippen LogP contribution in [0.1, 0.15) is 28.4 Å². The van der Waals surface area contributed by atoms with E-state index in [0.717, 1.165) is 22.4 Å². The molecule has 0 saturated carbocycles. The first-order valence-electron chi connectivity index (χ1n) is 6.78. The smallest absolute Gasteiger partial charge is 0.220 e. The van der Waals surface area contributed by atoms with E-state index >= 15 is 0 Å². The van der Waals surface area contributed by atoms with E-state index in [2.05, 4.69) is 19.1 Å². The van der Waals surface area contributed by atoms with Crippen LogP contribution in [0.3, 0.4) is 0 Å². The molecule has 106 valence electrons. The zero-order chi connectivity index (χ0) is 14.9. The lowest BCUT2D eigenvalue weighted by molar-refractivity contribution is 0.109. The highest BCUT2D eigenvalue weighted by Crippen LogP contribution is 2.47. The lowest BCUT2D eigenvalue weighted by Gasteiger charge is -2.18. The van der Waals surface area contributed by atoms with Gasteiger partial charge in [-0.15, -0.1) is 0 Å². The van der Waals surface area contributed by atoms with Crippen molar-refractivity contribution in [3.05, 3.63) is 71.3 Å². The Morgan fingerprint density at radius 2 is 1.81 bits per heavy atom. The van der Waals surface area contributed by atoms with Gasteiger partial charge in [-0.1, -0.05) is 60.3 Å². The van der Waals surface area contributed by atoms with Crippen LogP contribution in [0.5, 0.6) is 5.75 Å². The third-order valence-corrected chi connectivity index (χ3v) is 4.88. The van der Waals surface area contributed by atoms with Gasteiger partial charge < -0.3 is 4.74 Å². The molecule has 0 fully saturated rings. The van der Waals surface area contributed by atoms with E-state index in [1.165, 1.54) is 11.8 Å². The van der Waals surface area contributed by atoms with Gasteiger partial charge in [-0.25, -0.2) is 0 Å². The van der Waals surface area contributed by atoms with Crippen molar-refractivity contribution in [1.82, 2.24) is 0 Å². The van der Waals surface area contributed by atoms with Crippen LogP contribution in [0.4, 0.5) is 0 Å². The molecule has 1 aliphatic heterocycles. The molecule has 0 aromatic heterocycles. The van der Waals surface area contributed by atoms with E-state index in [4.69, 9.17) is 4.74 Å². The molecule has 1 heterocycles. The molecule has 21 heavy (non-hydrogen) atoms. The lowest BCUT2D eigenvalue weighted by Crippen LogP contribution is -2.09. The van der Waals surface area contributed by atoms with Gasteiger partial charge in [0, 0.05) is 5.56 Å². The van der Waals surface area contributed by atoms with E-state index < -0.39 is 0 Å². The molecule has 1 unspecified atom stereocenters. The molecule has 0 radical (unpaired) electrons. The van der Waals surface area contributed by atoms with Gasteiger partial charge in [0.1, 0.15) is 5.75 Å². The lowest BCUT2D eigenvalue weighted by atomic mass is 9.95. The second-order valence-electron chi connectivity index (χ2n) is 5.15. The molecule has 3 rings (SSSR count). The number of thioether (sulfide) groups is 1. The zero-order valence-corrected chi connectivity index (χ0v) is 12.8. The highest BCUT2D eigenvalue weighted by molar-refractivity contribution is 8.15. The summed E-state index contributed by atoms with van der Waals surface area (Å²) in [6.45, 7) is 2.08. The Bertz CT molecular complexity index is 703. The molecule has 0 bridgehead atoms. The predicted octanol–water partition coefficient (Wildman–Crippen LogP) is 4.51. The fourth-order valence-electron chi connectivity index (χ4n) is 2.49. The molecular formula is C18H16O2S. The van der Waals surface area contributed by atoms with Gasteiger partial charge in [-0.3, -0.25) is 4.79 Å². The van der Waals surface area contributed by atoms with Gasteiger partial charge in [0.2, 0.25) is 5.12 Å². The molecule has 0 N–H and O–H groups in total. The number of hydrogen-bond acceptors (Lipinski definition) is 3. The summed E-state index contributed by atoms with van der Waals surface area (Å²) in [7, 11) is 1.66. The minimum atomic E-state index is -0.298. The monoisotopic (exact) mass is 296 g/mol. The second kappa shape index (κ2) is 5.41. The fraction of sp³-hybridized carbons (Fsp3) is 0.167. The highest BCUT2D eigenvalue weighted by Gasteiger charge is 2.38. The molecule has 3 heteroatoms. The molecule has 0 aliphatic carbocycles. The summed E-state index contributed by atoms with van der Waals surface area (Å²) in [5, 5.41) is 0.146. The molecular weight excluding hydrogens is 280 g/mol. The molecule has 2 nitrogen and oxygen atoms in total. The normalized spacial score (nSPS) is 20.8. The Kier molecular flexibility index (Phi) is 3.60. The van der Waals surface area contributed by atoms with Crippen molar-refractivity contribution in [2.45, 2.75) is 11.7 Å². The van der Waals surface area contributed by atoms with E-state index in [-0.39, 0.29) is 9.86 Å². The summed E-state index contributed by atoms with van der Waals surface area (Å²) in [6, 6.07) is 15.7. The maximum Gasteiger partial charge on any atom is 0.220 e. The van der Waals surface area contributed by atoms with Gasteiger partial charge in [0.15, 0.2) is 0 Å². The summed E-state index contributed by atoms with van der Waals surface area (Å²) < 4.78 is 4.86. The Morgan fingerprint density at radius 1 is 1.10 bits per heavy atom. The van der Waals surface area contributed by atoms with Gasteiger partial charge in [0.25, 0.3) is 0 Å². The maximum absolute atomic E-state index is 12.1. The van der Waals surface area contributed by atoms with E-state index in [1.807, 2.05) is 48.5 Å². The average Bonchev–Trinajstić information content (AvgIpc) is 2.78. The van der Waals surface area contributed by atoms with Crippen molar-refractivity contribution in [2.75, 3.05) is 7.11 Å². The summed E-state index contributed by atoms with van der Waals surface area (Å²) in [5.74, 6) is 0.842. The number of rotatable bonds is 3. The number of methoxy groups -OCH3 is 1. The van der Waals surface area contributed by atoms with Crippen molar-refractivity contribution in [3.8, 4) is 5.75 Å². The van der Waals surface area contributed by atoms with Crippen molar-refractivity contribution in [2.24, 2.45) is 0 Å².